The van der Waals surface area contributed by atoms with Crippen molar-refractivity contribution < 1.29 is 13.2 Å². The molecule has 0 aromatic heterocycles. The van der Waals surface area contributed by atoms with Crippen molar-refractivity contribution >= 4 is 16.0 Å². The summed E-state index contributed by atoms with van der Waals surface area (Å²) in [6.45, 7) is 5.12. The summed E-state index contributed by atoms with van der Waals surface area (Å²) in [6, 6.07) is 14.1. The first-order valence-corrected chi connectivity index (χ1v) is 9.86. The van der Waals surface area contributed by atoms with Crippen LogP contribution in [0.1, 0.15) is 11.1 Å². The molecule has 0 aliphatic carbocycles. The number of hydrogen-bond acceptors (Lipinski definition) is 4. The topological polar surface area (TPSA) is 106 Å². The van der Waals surface area contributed by atoms with Gasteiger partial charge in [-0.1, -0.05) is 43.0 Å². The van der Waals surface area contributed by atoms with Gasteiger partial charge in [0.25, 0.3) is 0 Å². The fourth-order valence-corrected chi connectivity index (χ4v) is 2.84. The Morgan fingerprint density at radius 2 is 1.81 bits per heavy atom. The SMILES string of the molecule is C=CCOc1ccccc1CNC(=NC)NCc1ccc(S(N)(=O)=O)cc1. The highest BCUT2D eigenvalue weighted by Gasteiger charge is 2.07. The molecule has 4 N–H and O–H groups in total. The van der Waals surface area contributed by atoms with Crippen molar-refractivity contribution in [1.82, 2.24) is 10.6 Å². The molecule has 0 spiro atoms. The lowest BCUT2D eigenvalue weighted by Crippen LogP contribution is -2.36. The molecule has 0 bridgehead atoms. The number of ether oxygens (including phenoxy) is 1. The Hall–Kier alpha value is -2.84. The van der Waals surface area contributed by atoms with Gasteiger partial charge in [0.15, 0.2) is 5.96 Å². The summed E-state index contributed by atoms with van der Waals surface area (Å²) in [4.78, 5) is 4.28. The van der Waals surface area contributed by atoms with Gasteiger partial charge < -0.3 is 15.4 Å². The summed E-state index contributed by atoms with van der Waals surface area (Å²) < 4.78 is 28.2. The van der Waals surface area contributed by atoms with Gasteiger partial charge in [-0.2, -0.15) is 0 Å². The van der Waals surface area contributed by atoms with Crippen LogP contribution >= 0.6 is 0 Å². The van der Waals surface area contributed by atoms with Crippen LogP contribution in [-0.2, 0) is 23.1 Å². The highest BCUT2D eigenvalue weighted by molar-refractivity contribution is 7.89. The van der Waals surface area contributed by atoms with Crippen molar-refractivity contribution in [2.75, 3.05) is 13.7 Å². The lowest BCUT2D eigenvalue weighted by molar-refractivity contribution is 0.358. The predicted octanol–water partition coefficient (Wildman–Crippen LogP) is 1.76. The van der Waals surface area contributed by atoms with Crippen LogP contribution in [0.5, 0.6) is 5.75 Å². The monoisotopic (exact) mass is 388 g/mol. The fraction of sp³-hybridized carbons (Fsp3) is 0.211. The Bertz CT molecular complexity index is 893. The number of nitrogens with zero attached hydrogens (tertiary/aromatic N) is 1. The zero-order valence-electron chi connectivity index (χ0n) is 15.2. The molecule has 0 unspecified atom stereocenters. The molecular weight excluding hydrogens is 364 g/mol. The van der Waals surface area contributed by atoms with Gasteiger partial charge in [-0.15, -0.1) is 0 Å². The average molecular weight is 388 g/mol. The van der Waals surface area contributed by atoms with Crippen molar-refractivity contribution in [2.45, 2.75) is 18.0 Å². The maximum Gasteiger partial charge on any atom is 0.238 e. The van der Waals surface area contributed by atoms with E-state index >= 15 is 0 Å². The van der Waals surface area contributed by atoms with E-state index in [9.17, 15) is 8.42 Å². The normalized spacial score (nSPS) is 11.7. The molecule has 27 heavy (non-hydrogen) atoms. The Labute approximate surface area is 160 Å². The number of hydrogen-bond donors (Lipinski definition) is 3. The minimum atomic E-state index is -3.68. The molecule has 0 aliphatic heterocycles. The first kappa shape index (κ1) is 20.5. The van der Waals surface area contributed by atoms with Crippen LogP contribution in [-0.4, -0.2) is 28.0 Å². The number of benzene rings is 2. The molecule has 0 atom stereocenters. The summed E-state index contributed by atoms with van der Waals surface area (Å²) in [5.74, 6) is 1.41. The molecule has 7 nitrogen and oxygen atoms in total. The molecule has 0 saturated heterocycles. The second-order valence-corrected chi connectivity index (χ2v) is 7.24. The molecule has 0 saturated carbocycles. The maximum absolute atomic E-state index is 11.3. The van der Waals surface area contributed by atoms with Crippen molar-refractivity contribution in [2.24, 2.45) is 10.1 Å². The minimum absolute atomic E-state index is 0.0879. The third-order valence-corrected chi connectivity index (χ3v) is 4.64. The second kappa shape index (κ2) is 9.75. The smallest absolute Gasteiger partial charge is 0.238 e. The van der Waals surface area contributed by atoms with Crippen LogP contribution in [0.2, 0.25) is 0 Å². The minimum Gasteiger partial charge on any atom is -0.489 e. The van der Waals surface area contributed by atoms with E-state index < -0.39 is 10.0 Å². The van der Waals surface area contributed by atoms with E-state index in [-0.39, 0.29) is 4.90 Å². The summed E-state index contributed by atoms with van der Waals surface area (Å²) in [5, 5.41) is 11.5. The highest BCUT2D eigenvalue weighted by Crippen LogP contribution is 2.17. The molecular formula is C19H24N4O3S. The van der Waals surface area contributed by atoms with Crippen LogP contribution in [0.15, 0.2) is 71.1 Å². The van der Waals surface area contributed by atoms with Gasteiger partial charge in [-0.3, -0.25) is 4.99 Å². The van der Waals surface area contributed by atoms with E-state index in [4.69, 9.17) is 9.88 Å². The Kier molecular flexibility index (Phi) is 7.39. The summed E-state index contributed by atoms with van der Waals surface area (Å²) >= 11 is 0. The predicted molar refractivity (Wildman–Crippen MR) is 107 cm³/mol. The highest BCUT2D eigenvalue weighted by atomic mass is 32.2. The number of para-hydroxylation sites is 1. The molecule has 144 valence electrons. The molecule has 2 aromatic carbocycles. The van der Waals surface area contributed by atoms with Gasteiger partial charge in [0.1, 0.15) is 12.4 Å². The summed E-state index contributed by atoms with van der Waals surface area (Å²) in [5.41, 5.74) is 1.90. The second-order valence-electron chi connectivity index (χ2n) is 5.68. The van der Waals surface area contributed by atoms with Crippen LogP contribution < -0.4 is 20.5 Å². The number of rotatable bonds is 8. The Morgan fingerprint density at radius 3 is 2.44 bits per heavy atom. The molecule has 0 radical (unpaired) electrons. The van der Waals surface area contributed by atoms with E-state index in [1.165, 1.54) is 12.1 Å². The number of nitrogens with two attached hydrogens (primary N) is 1. The molecule has 0 fully saturated rings. The van der Waals surface area contributed by atoms with Gasteiger partial charge in [-0.05, 0) is 23.8 Å². The van der Waals surface area contributed by atoms with Crippen LogP contribution in [0.3, 0.4) is 0 Å². The van der Waals surface area contributed by atoms with E-state index in [0.717, 1.165) is 16.9 Å². The molecule has 0 heterocycles. The van der Waals surface area contributed by atoms with Gasteiger partial charge in [0.2, 0.25) is 10.0 Å². The Balaban J connectivity index is 1.92. The summed E-state index contributed by atoms with van der Waals surface area (Å²) in [7, 11) is -2.00. The van der Waals surface area contributed by atoms with Crippen molar-refractivity contribution in [3.8, 4) is 5.75 Å². The number of primary sulfonamides is 1. The van der Waals surface area contributed by atoms with E-state index in [2.05, 4.69) is 22.2 Å². The Morgan fingerprint density at radius 1 is 1.15 bits per heavy atom. The van der Waals surface area contributed by atoms with E-state index in [0.29, 0.717) is 25.7 Å². The number of aliphatic imine (C=N–C) groups is 1. The zero-order chi connectivity index (χ0) is 19.7. The van der Waals surface area contributed by atoms with Crippen LogP contribution in [0.4, 0.5) is 0 Å². The quantitative estimate of drug-likeness (QED) is 0.363. The lowest BCUT2D eigenvalue weighted by atomic mass is 10.2. The lowest BCUT2D eigenvalue weighted by Gasteiger charge is -2.14. The average Bonchev–Trinajstić information content (AvgIpc) is 2.67. The van der Waals surface area contributed by atoms with Gasteiger partial charge in [0, 0.05) is 25.7 Å². The van der Waals surface area contributed by atoms with Gasteiger partial charge in [0.05, 0.1) is 4.90 Å². The molecule has 8 heteroatoms. The summed E-state index contributed by atoms with van der Waals surface area (Å²) in [6.07, 6.45) is 1.70. The third-order valence-electron chi connectivity index (χ3n) is 3.71. The molecule has 2 aromatic rings. The van der Waals surface area contributed by atoms with Crippen LogP contribution in [0, 0.1) is 0 Å². The van der Waals surface area contributed by atoms with Crippen molar-refractivity contribution in [1.29, 1.82) is 0 Å². The number of sulfonamides is 1. The zero-order valence-corrected chi connectivity index (χ0v) is 16.0. The van der Waals surface area contributed by atoms with E-state index in [1.807, 2.05) is 24.3 Å². The molecule has 0 aliphatic rings. The fourth-order valence-electron chi connectivity index (χ4n) is 2.32. The van der Waals surface area contributed by atoms with E-state index in [1.54, 1.807) is 25.3 Å². The maximum atomic E-state index is 11.3. The largest absolute Gasteiger partial charge is 0.489 e. The number of guanidine groups is 1. The first-order valence-electron chi connectivity index (χ1n) is 8.32. The number of nitrogens with one attached hydrogen (secondary N) is 2. The van der Waals surface area contributed by atoms with Crippen LogP contribution in [0.25, 0.3) is 0 Å². The molecule has 0 amide bonds. The van der Waals surface area contributed by atoms with Gasteiger partial charge in [-0.25, -0.2) is 13.6 Å². The van der Waals surface area contributed by atoms with Crippen molar-refractivity contribution in [3.63, 3.8) is 0 Å². The van der Waals surface area contributed by atoms with Gasteiger partial charge >= 0.3 is 0 Å². The standard InChI is InChI=1S/C19H24N4O3S/c1-3-12-26-18-7-5-4-6-16(18)14-23-19(21-2)22-13-15-8-10-17(11-9-15)27(20,24)25/h3-11H,1,12-14H2,2H3,(H2,20,24,25)(H2,21,22,23). The first-order chi connectivity index (χ1) is 12.9. The third kappa shape index (κ3) is 6.43. The molecule has 2 rings (SSSR count). The van der Waals surface area contributed by atoms with Crippen molar-refractivity contribution in [3.05, 3.63) is 72.3 Å².